The molecule has 2 aliphatic rings. The second-order valence-corrected chi connectivity index (χ2v) is 7.45. The van der Waals surface area contributed by atoms with E-state index >= 15 is 0 Å². The molecule has 1 aliphatic heterocycles. The Morgan fingerprint density at radius 1 is 1.00 bits per heavy atom. The van der Waals surface area contributed by atoms with Gasteiger partial charge in [-0.2, -0.15) is 4.99 Å². The zero-order chi connectivity index (χ0) is 20.3. The highest BCUT2D eigenvalue weighted by molar-refractivity contribution is 6.05. The molecular formula is C22H27N5O2. The van der Waals surface area contributed by atoms with Crippen LogP contribution in [-0.4, -0.2) is 24.7 Å². The maximum Gasteiger partial charge on any atom is 0.220 e. The maximum absolute atomic E-state index is 6.32. The Morgan fingerprint density at radius 3 is 2.45 bits per heavy atom. The van der Waals surface area contributed by atoms with Crippen molar-refractivity contribution in [1.82, 2.24) is 0 Å². The third-order valence-corrected chi connectivity index (χ3v) is 5.49. The number of nitrogens with two attached hydrogens (primary N) is 2. The molecule has 1 heterocycles. The average molecular weight is 393 g/mol. The van der Waals surface area contributed by atoms with Gasteiger partial charge in [-0.1, -0.05) is 18.6 Å². The van der Waals surface area contributed by atoms with E-state index in [0.29, 0.717) is 12.6 Å². The Kier molecular flexibility index (Phi) is 5.29. The Morgan fingerprint density at radius 2 is 1.72 bits per heavy atom. The predicted molar refractivity (Wildman–Crippen MR) is 115 cm³/mol. The first kappa shape index (κ1) is 19.1. The molecule has 4 rings (SSSR count). The molecule has 0 saturated heterocycles. The Hall–Kier alpha value is -3.22. The van der Waals surface area contributed by atoms with E-state index in [1.807, 2.05) is 47.4 Å². The minimum absolute atomic E-state index is 0.264. The molecule has 29 heavy (non-hydrogen) atoms. The maximum atomic E-state index is 6.32. The molecule has 1 spiro atoms. The lowest BCUT2D eigenvalue weighted by Gasteiger charge is -2.45. The van der Waals surface area contributed by atoms with E-state index in [1.54, 1.807) is 7.11 Å². The van der Waals surface area contributed by atoms with E-state index in [9.17, 15) is 0 Å². The molecule has 2 aromatic carbocycles. The van der Waals surface area contributed by atoms with Gasteiger partial charge in [0.05, 0.1) is 7.11 Å². The van der Waals surface area contributed by atoms with Crippen LogP contribution in [0.4, 0.5) is 5.69 Å². The molecule has 7 nitrogen and oxygen atoms in total. The summed E-state index contributed by atoms with van der Waals surface area (Å²) < 4.78 is 11.1. The average Bonchev–Trinajstić information content (AvgIpc) is 2.73. The number of benzene rings is 2. The lowest BCUT2D eigenvalue weighted by Crippen LogP contribution is -2.58. The summed E-state index contributed by atoms with van der Waals surface area (Å²) in [4.78, 5) is 11.0. The minimum atomic E-state index is -0.441. The summed E-state index contributed by atoms with van der Waals surface area (Å²) in [6, 6.07) is 15.7. The molecule has 1 saturated carbocycles. The molecule has 152 valence electrons. The summed E-state index contributed by atoms with van der Waals surface area (Å²) in [7, 11) is 1.65. The molecule has 0 amide bonds. The van der Waals surface area contributed by atoms with E-state index in [-0.39, 0.29) is 5.96 Å². The van der Waals surface area contributed by atoms with Gasteiger partial charge >= 0.3 is 0 Å². The minimum Gasteiger partial charge on any atom is -0.497 e. The van der Waals surface area contributed by atoms with Gasteiger partial charge in [0.25, 0.3) is 0 Å². The molecule has 0 atom stereocenters. The second-order valence-electron chi connectivity index (χ2n) is 7.45. The van der Waals surface area contributed by atoms with Crippen LogP contribution in [-0.2, 0) is 6.61 Å². The number of hydrogen-bond acceptors (Lipinski definition) is 7. The molecule has 2 aromatic rings. The molecule has 0 radical (unpaired) electrons. The van der Waals surface area contributed by atoms with Gasteiger partial charge in [0.15, 0.2) is 0 Å². The zero-order valence-corrected chi connectivity index (χ0v) is 16.7. The fraction of sp³-hybridized carbons (Fsp3) is 0.364. The van der Waals surface area contributed by atoms with Gasteiger partial charge in [-0.05, 0) is 67.6 Å². The highest BCUT2D eigenvalue weighted by Crippen LogP contribution is 2.39. The predicted octanol–water partition coefficient (Wildman–Crippen LogP) is 3.38. The molecule has 0 unspecified atom stereocenters. The van der Waals surface area contributed by atoms with Gasteiger partial charge in [0.1, 0.15) is 23.8 Å². The SMILES string of the molecule is COc1ccc(OCc2cccc(N3C(N)=NC(N)=NC34CCCCC4)c2)cc1. The van der Waals surface area contributed by atoms with Crippen LogP contribution in [0.5, 0.6) is 11.5 Å². The van der Waals surface area contributed by atoms with E-state index in [0.717, 1.165) is 48.4 Å². The van der Waals surface area contributed by atoms with Gasteiger partial charge < -0.3 is 20.9 Å². The third kappa shape index (κ3) is 3.99. The molecule has 0 aromatic heterocycles. The van der Waals surface area contributed by atoms with E-state index in [1.165, 1.54) is 6.42 Å². The Balaban J connectivity index is 1.56. The van der Waals surface area contributed by atoms with Crippen LogP contribution >= 0.6 is 0 Å². The third-order valence-electron chi connectivity index (χ3n) is 5.49. The Labute approximate surface area is 171 Å². The van der Waals surface area contributed by atoms with Crippen LogP contribution in [0.1, 0.15) is 37.7 Å². The lowest BCUT2D eigenvalue weighted by molar-refractivity contribution is 0.302. The lowest BCUT2D eigenvalue weighted by atomic mass is 9.87. The van der Waals surface area contributed by atoms with Crippen LogP contribution in [0.3, 0.4) is 0 Å². The molecular weight excluding hydrogens is 366 g/mol. The van der Waals surface area contributed by atoms with Crippen LogP contribution in [0, 0.1) is 0 Å². The zero-order valence-electron chi connectivity index (χ0n) is 16.7. The number of ether oxygens (including phenoxy) is 2. The monoisotopic (exact) mass is 393 g/mol. The van der Waals surface area contributed by atoms with Crippen molar-refractivity contribution in [1.29, 1.82) is 0 Å². The quantitative estimate of drug-likeness (QED) is 0.811. The van der Waals surface area contributed by atoms with Crippen molar-refractivity contribution < 1.29 is 9.47 Å². The second kappa shape index (κ2) is 8.03. The first-order valence-electron chi connectivity index (χ1n) is 9.95. The standard InChI is InChI=1S/C22H27N5O2/c1-28-18-8-10-19(11-9-18)29-15-16-6-5-7-17(14-16)27-21(24)25-20(23)26-22(27)12-3-2-4-13-22/h5-11,14H,2-4,12-13,15H2,1H3,(H4,23,24,25,26). The highest BCUT2D eigenvalue weighted by atomic mass is 16.5. The van der Waals surface area contributed by atoms with Crippen LogP contribution in [0.15, 0.2) is 58.5 Å². The van der Waals surface area contributed by atoms with Crippen LogP contribution < -0.4 is 25.8 Å². The molecule has 1 fully saturated rings. The van der Waals surface area contributed by atoms with Crippen LogP contribution in [0.2, 0.25) is 0 Å². The smallest absolute Gasteiger partial charge is 0.220 e. The fourth-order valence-corrected chi connectivity index (χ4v) is 4.12. The number of rotatable bonds is 5. The molecule has 1 aliphatic carbocycles. The Bertz CT molecular complexity index is 917. The number of anilines is 1. The highest BCUT2D eigenvalue weighted by Gasteiger charge is 2.42. The van der Waals surface area contributed by atoms with Crippen molar-refractivity contribution in [3.8, 4) is 11.5 Å². The van der Waals surface area contributed by atoms with Crippen molar-refractivity contribution in [3.63, 3.8) is 0 Å². The fourth-order valence-electron chi connectivity index (χ4n) is 4.12. The number of aliphatic imine (C=N–C) groups is 2. The topological polar surface area (TPSA) is 98.5 Å². The summed E-state index contributed by atoms with van der Waals surface area (Å²) in [6.45, 7) is 0.448. The van der Waals surface area contributed by atoms with Crippen molar-refractivity contribution in [2.75, 3.05) is 12.0 Å². The van der Waals surface area contributed by atoms with Gasteiger partial charge in [0, 0.05) is 5.69 Å². The number of nitrogens with zero attached hydrogens (tertiary/aromatic N) is 3. The number of hydrogen-bond donors (Lipinski definition) is 2. The largest absolute Gasteiger partial charge is 0.497 e. The molecule has 7 heteroatoms. The first-order chi connectivity index (χ1) is 14.1. The van der Waals surface area contributed by atoms with Crippen LogP contribution in [0.25, 0.3) is 0 Å². The summed E-state index contributed by atoms with van der Waals surface area (Å²) in [5, 5.41) is 0. The molecule has 4 N–H and O–H groups in total. The van der Waals surface area contributed by atoms with Gasteiger partial charge in [-0.25, -0.2) is 4.99 Å². The summed E-state index contributed by atoms with van der Waals surface area (Å²) in [5.41, 5.74) is 13.8. The summed E-state index contributed by atoms with van der Waals surface area (Å²) in [5.74, 6) is 2.25. The van der Waals surface area contributed by atoms with Crippen molar-refractivity contribution in [3.05, 3.63) is 54.1 Å². The van der Waals surface area contributed by atoms with Gasteiger partial charge in [-0.3, -0.25) is 4.90 Å². The van der Waals surface area contributed by atoms with E-state index < -0.39 is 5.66 Å². The van der Waals surface area contributed by atoms with E-state index in [2.05, 4.69) is 11.1 Å². The molecule has 0 bridgehead atoms. The van der Waals surface area contributed by atoms with E-state index in [4.69, 9.17) is 25.9 Å². The summed E-state index contributed by atoms with van der Waals surface area (Å²) >= 11 is 0. The number of methoxy groups -OCH3 is 1. The first-order valence-corrected chi connectivity index (χ1v) is 9.95. The van der Waals surface area contributed by atoms with Crippen molar-refractivity contribution in [2.45, 2.75) is 44.4 Å². The number of guanidine groups is 2. The van der Waals surface area contributed by atoms with Crippen molar-refractivity contribution in [2.24, 2.45) is 21.5 Å². The van der Waals surface area contributed by atoms with Gasteiger partial charge in [0.2, 0.25) is 11.9 Å². The normalized spacial score (nSPS) is 18.2. The summed E-state index contributed by atoms with van der Waals surface area (Å²) in [6.07, 6.45) is 5.23. The van der Waals surface area contributed by atoms with Gasteiger partial charge in [-0.15, -0.1) is 0 Å². The van der Waals surface area contributed by atoms with Crippen molar-refractivity contribution >= 4 is 17.6 Å².